The van der Waals surface area contributed by atoms with Crippen LogP contribution in [-0.4, -0.2) is 18.7 Å². The van der Waals surface area contributed by atoms with E-state index in [0.29, 0.717) is 5.92 Å². The summed E-state index contributed by atoms with van der Waals surface area (Å²) in [4.78, 5) is 0. The number of halogens is 1. The average Bonchev–Trinajstić information content (AvgIpc) is 3.10. The van der Waals surface area contributed by atoms with Crippen LogP contribution in [0.3, 0.4) is 0 Å². The fourth-order valence-electron chi connectivity index (χ4n) is 1.67. The molecule has 1 saturated carbocycles. The van der Waals surface area contributed by atoms with Crippen LogP contribution in [0.5, 0.6) is 5.75 Å². The maximum Gasteiger partial charge on any atom is 0.119 e. The molecule has 1 aromatic carbocycles. The van der Waals surface area contributed by atoms with Crippen LogP contribution in [0.2, 0.25) is 5.02 Å². The minimum absolute atomic E-state index is 0.219. The first-order valence-corrected chi connectivity index (χ1v) is 6.68. The Balaban J connectivity index is 1.88. The minimum Gasteiger partial charge on any atom is -0.489 e. The van der Waals surface area contributed by atoms with Crippen molar-refractivity contribution in [2.75, 3.05) is 6.54 Å². The van der Waals surface area contributed by atoms with E-state index in [1.165, 1.54) is 12.8 Å². The van der Waals surface area contributed by atoms with E-state index in [9.17, 15) is 0 Å². The monoisotopic (exact) mass is 253 g/mol. The zero-order valence-corrected chi connectivity index (χ0v) is 11.2. The fourth-order valence-corrected chi connectivity index (χ4v) is 1.80. The fraction of sp³-hybridized carbons (Fsp3) is 0.571. The molecular formula is C14H20ClNO. The van der Waals surface area contributed by atoms with Crippen LogP contribution in [0, 0.1) is 5.92 Å². The third-order valence-electron chi connectivity index (χ3n) is 3.03. The highest BCUT2D eigenvalue weighted by Crippen LogP contribution is 2.21. The maximum absolute atomic E-state index is 5.99. The zero-order valence-electron chi connectivity index (χ0n) is 10.4. The molecule has 3 heteroatoms. The van der Waals surface area contributed by atoms with E-state index >= 15 is 0 Å². The highest BCUT2D eigenvalue weighted by molar-refractivity contribution is 6.30. The summed E-state index contributed by atoms with van der Waals surface area (Å²) in [5.41, 5.74) is 0. The maximum atomic E-state index is 5.99. The number of ether oxygens (including phenoxy) is 1. The molecule has 0 bridgehead atoms. The molecule has 1 aromatic rings. The van der Waals surface area contributed by atoms with Gasteiger partial charge in [-0.2, -0.15) is 0 Å². The summed E-state index contributed by atoms with van der Waals surface area (Å²) in [6.07, 6.45) is 2.84. The number of benzene rings is 1. The highest BCUT2D eigenvalue weighted by atomic mass is 35.5. The smallest absolute Gasteiger partial charge is 0.119 e. The summed E-state index contributed by atoms with van der Waals surface area (Å²) in [5.74, 6) is 1.39. The number of nitrogens with one attached hydrogen (secondary N) is 1. The Morgan fingerprint density at radius 2 is 1.94 bits per heavy atom. The van der Waals surface area contributed by atoms with Crippen molar-refractivity contribution in [3.63, 3.8) is 0 Å². The molecule has 0 aliphatic heterocycles. The second-order valence-corrected chi connectivity index (χ2v) is 5.47. The van der Waals surface area contributed by atoms with Crippen LogP contribution in [-0.2, 0) is 0 Å². The van der Waals surface area contributed by atoms with Crippen molar-refractivity contribution in [3.05, 3.63) is 29.3 Å². The Bertz CT molecular complexity index is 346. The average molecular weight is 254 g/mol. The molecule has 0 heterocycles. The van der Waals surface area contributed by atoms with Crippen molar-refractivity contribution >= 4 is 11.6 Å². The molecule has 2 nitrogen and oxygen atoms in total. The van der Waals surface area contributed by atoms with E-state index in [1.54, 1.807) is 0 Å². The molecule has 1 N–H and O–H groups in total. The molecule has 17 heavy (non-hydrogen) atoms. The van der Waals surface area contributed by atoms with Crippen LogP contribution in [0.1, 0.15) is 26.7 Å². The van der Waals surface area contributed by atoms with Crippen molar-refractivity contribution in [2.45, 2.75) is 38.8 Å². The van der Waals surface area contributed by atoms with Gasteiger partial charge in [0.05, 0.1) is 0 Å². The van der Waals surface area contributed by atoms with E-state index in [4.69, 9.17) is 16.3 Å². The van der Waals surface area contributed by atoms with Crippen molar-refractivity contribution in [1.29, 1.82) is 0 Å². The zero-order chi connectivity index (χ0) is 12.3. The van der Waals surface area contributed by atoms with Crippen LogP contribution >= 0.6 is 11.6 Å². The molecule has 1 fully saturated rings. The summed E-state index contributed by atoms with van der Waals surface area (Å²) in [6.45, 7) is 5.30. The summed E-state index contributed by atoms with van der Waals surface area (Å²) in [6, 6.07) is 8.31. The number of rotatable bonds is 6. The molecule has 1 unspecified atom stereocenters. The van der Waals surface area contributed by atoms with Crippen LogP contribution in [0.4, 0.5) is 0 Å². The van der Waals surface area contributed by atoms with Gasteiger partial charge in [-0.1, -0.05) is 25.4 Å². The van der Waals surface area contributed by atoms with Gasteiger partial charge in [0.1, 0.15) is 11.9 Å². The molecule has 94 valence electrons. The Labute approximate surface area is 108 Å². The molecule has 1 aliphatic rings. The molecule has 0 aromatic heterocycles. The molecule has 0 amide bonds. The molecule has 1 aliphatic carbocycles. The van der Waals surface area contributed by atoms with Gasteiger partial charge in [-0.15, -0.1) is 0 Å². The minimum atomic E-state index is 0.219. The van der Waals surface area contributed by atoms with E-state index in [0.717, 1.165) is 23.4 Å². The Kier molecular flexibility index (Phi) is 4.30. The molecule has 2 rings (SSSR count). The van der Waals surface area contributed by atoms with Gasteiger partial charge >= 0.3 is 0 Å². The lowest BCUT2D eigenvalue weighted by Crippen LogP contribution is -2.36. The van der Waals surface area contributed by atoms with E-state index in [1.807, 2.05) is 24.3 Å². The molecular weight excluding hydrogens is 234 g/mol. The first kappa shape index (κ1) is 12.7. The van der Waals surface area contributed by atoms with Gasteiger partial charge in [-0.25, -0.2) is 0 Å². The van der Waals surface area contributed by atoms with E-state index in [2.05, 4.69) is 19.2 Å². The summed E-state index contributed by atoms with van der Waals surface area (Å²) in [5, 5.41) is 4.26. The SMILES string of the molecule is CC(C)C(CNC1CC1)Oc1ccc(Cl)cc1. The predicted octanol–water partition coefficient (Wildman–Crippen LogP) is 3.50. The molecule has 0 saturated heterocycles. The Morgan fingerprint density at radius 3 is 2.47 bits per heavy atom. The summed E-state index contributed by atoms with van der Waals surface area (Å²) in [7, 11) is 0. The lowest BCUT2D eigenvalue weighted by atomic mass is 10.1. The van der Waals surface area contributed by atoms with Gasteiger partial charge in [0.2, 0.25) is 0 Å². The highest BCUT2D eigenvalue weighted by Gasteiger charge is 2.23. The quantitative estimate of drug-likeness (QED) is 0.838. The van der Waals surface area contributed by atoms with E-state index in [-0.39, 0.29) is 6.10 Å². The largest absolute Gasteiger partial charge is 0.489 e. The van der Waals surface area contributed by atoms with Crippen LogP contribution < -0.4 is 10.1 Å². The van der Waals surface area contributed by atoms with Gasteiger partial charge < -0.3 is 10.1 Å². The predicted molar refractivity (Wildman–Crippen MR) is 71.7 cm³/mol. The number of hydrogen-bond acceptors (Lipinski definition) is 2. The Morgan fingerprint density at radius 1 is 1.29 bits per heavy atom. The second-order valence-electron chi connectivity index (χ2n) is 5.04. The van der Waals surface area contributed by atoms with Gasteiger partial charge in [0.25, 0.3) is 0 Å². The van der Waals surface area contributed by atoms with Crippen LogP contribution in [0.25, 0.3) is 0 Å². The standard InChI is InChI=1S/C14H20ClNO/c1-10(2)14(9-16-12-5-6-12)17-13-7-3-11(15)4-8-13/h3-4,7-8,10,12,14,16H,5-6,9H2,1-2H3. The topological polar surface area (TPSA) is 21.3 Å². The van der Waals surface area contributed by atoms with Crippen molar-refractivity contribution in [1.82, 2.24) is 5.32 Å². The molecule has 1 atom stereocenters. The first-order valence-electron chi connectivity index (χ1n) is 6.31. The first-order chi connectivity index (χ1) is 8.15. The van der Waals surface area contributed by atoms with Crippen molar-refractivity contribution in [2.24, 2.45) is 5.92 Å². The molecule has 0 spiro atoms. The summed E-state index contributed by atoms with van der Waals surface area (Å²) >= 11 is 5.85. The van der Waals surface area contributed by atoms with Gasteiger partial charge in [-0.05, 0) is 43.0 Å². The van der Waals surface area contributed by atoms with Gasteiger partial charge in [0, 0.05) is 17.6 Å². The second kappa shape index (κ2) is 5.74. The van der Waals surface area contributed by atoms with Gasteiger partial charge in [-0.3, -0.25) is 0 Å². The van der Waals surface area contributed by atoms with Gasteiger partial charge in [0.15, 0.2) is 0 Å². The molecule has 0 radical (unpaired) electrons. The lowest BCUT2D eigenvalue weighted by molar-refractivity contribution is 0.148. The van der Waals surface area contributed by atoms with Crippen molar-refractivity contribution < 1.29 is 4.74 Å². The lowest BCUT2D eigenvalue weighted by Gasteiger charge is -2.23. The summed E-state index contributed by atoms with van der Waals surface area (Å²) < 4.78 is 5.99. The van der Waals surface area contributed by atoms with E-state index < -0.39 is 0 Å². The Hall–Kier alpha value is -0.730. The van der Waals surface area contributed by atoms with Crippen LogP contribution in [0.15, 0.2) is 24.3 Å². The third kappa shape index (κ3) is 4.21. The normalized spacial score (nSPS) is 17.2. The third-order valence-corrected chi connectivity index (χ3v) is 3.28. The van der Waals surface area contributed by atoms with Crippen molar-refractivity contribution in [3.8, 4) is 5.75 Å². The number of hydrogen-bond donors (Lipinski definition) is 1.